The predicted molar refractivity (Wildman–Crippen MR) is 86.0 cm³/mol. The lowest BCUT2D eigenvalue weighted by Crippen LogP contribution is -2.41. The van der Waals surface area contributed by atoms with Crippen molar-refractivity contribution in [3.8, 4) is 5.75 Å². The highest BCUT2D eigenvalue weighted by molar-refractivity contribution is 5.88. The number of rotatable bonds is 6. The number of H-pyrrole nitrogens is 1. The van der Waals surface area contributed by atoms with Gasteiger partial charge in [-0.1, -0.05) is 13.8 Å². The van der Waals surface area contributed by atoms with Gasteiger partial charge in [0.05, 0.1) is 12.6 Å². The summed E-state index contributed by atoms with van der Waals surface area (Å²) in [4.78, 5) is 2.63. The normalized spacial score (nSPS) is 17.6. The molecule has 1 heterocycles. The first-order chi connectivity index (χ1) is 10.3. The van der Waals surface area contributed by atoms with Crippen molar-refractivity contribution in [3.63, 3.8) is 0 Å². The third-order valence-corrected chi connectivity index (χ3v) is 4.50. The summed E-state index contributed by atoms with van der Waals surface area (Å²) in [6.45, 7) is 6.85. The Morgan fingerprint density at radius 2 is 2.00 bits per heavy atom. The van der Waals surface area contributed by atoms with Crippen LogP contribution in [0.2, 0.25) is 0 Å². The van der Waals surface area contributed by atoms with E-state index in [1.807, 2.05) is 6.07 Å². The highest BCUT2D eigenvalue weighted by Crippen LogP contribution is 2.35. The van der Waals surface area contributed by atoms with E-state index in [1.54, 1.807) is 7.11 Å². The Hall–Kier alpha value is -1.55. The average Bonchev–Trinajstić information content (AvgIpc) is 2.92. The first-order valence-electron chi connectivity index (χ1n) is 8.05. The lowest BCUT2D eigenvalue weighted by atomic mass is 9.89. The number of hydrogen-bond acceptors (Lipinski definition) is 3. The van der Waals surface area contributed by atoms with E-state index in [0.717, 1.165) is 24.1 Å². The van der Waals surface area contributed by atoms with Crippen molar-refractivity contribution >= 4 is 10.9 Å². The Morgan fingerprint density at radius 3 is 2.67 bits per heavy atom. The summed E-state index contributed by atoms with van der Waals surface area (Å²) in [5.74, 6) is 1.00. The second kappa shape index (κ2) is 6.06. The monoisotopic (exact) mass is 287 g/mol. The van der Waals surface area contributed by atoms with Gasteiger partial charge in [-0.25, -0.2) is 0 Å². The lowest BCUT2D eigenvalue weighted by Gasteiger charge is -2.34. The van der Waals surface area contributed by atoms with Crippen molar-refractivity contribution in [2.75, 3.05) is 20.2 Å². The van der Waals surface area contributed by atoms with Crippen LogP contribution in [0.4, 0.5) is 0 Å². The Morgan fingerprint density at radius 1 is 1.24 bits per heavy atom. The van der Waals surface area contributed by atoms with E-state index in [1.165, 1.54) is 42.6 Å². The molecule has 1 aromatic carbocycles. The number of benzene rings is 1. The number of nitrogens with one attached hydrogen (secondary N) is 1. The van der Waals surface area contributed by atoms with E-state index in [9.17, 15) is 0 Å². The van der Waals surface area contributed by atoms with Crippen LogP contribution in [-0.2, 0) is 12.8 Å². The van der Waals surface area contributed by atoms with Crippen LogP contribution in [0.25, 0.3) is 10.9 Å². The molecule has 4 heteroatoms. The molecule has 0 saturated carbocycles. The molecule has 0 saturated heterocycles. The van der Waals surface area contributed by atoms with Crippen molar-refractivity contribution in [3.05, 3.63) is 23.4 Å². The van der Waals surface area contributed by atoms with Crippen LogP contribution in [-0.4, -0.2) is 41.3 Å². The molecule has 0 spiro atoms. The van der Waals surface area contributed by atoms with Gasteiger partial charge < -0.3 is 4.74 Å². The van der Waals surface area contributed by atoms with Crippen molar-refractivity contribution in [2.24, 2.45) is 0 Å². The topological polar surface area (TPSA) is 41.2 Å². The molecule has 21 heavy (non-hydrogen) atoms. The first-order valence-corrected chi connectivity index (χ1v) is 8.05. The third kappa shape index (κ3) is 2.53. The SMILES string of the molecule is CCCN(CCC)[C@H]1Cc2[nH]nc3ccc(OC)c(c23)C1. The molecule has 0 bridgehead atoms. The van der Waals surface area contributed by atoms with Crippen LogP contribution in [0.5, 0.6) is 5.75 Å². The zero-order chi connectivity index (χ0) is 14.8. The highest BCUT2D eigenvalue weighted by atomic mass is 16.5. The summed E-state index contributed by atoms with van der Waals surface area (Å²) >= 11 is 0. The fraction of sp³-hybridized carbons (Fsp3) is 0.588. The minimum atomic E-state index is 0.553. The molecular formula is C17H25N3O. The molecule has 3 rings (SSSR count). The van der Waals surface area contributed by atoms with Gasteiger partial charge >= 0.3 is 0 Å². The standard InChI is InChI=1S/C17H25N3O/c1-4-8-20(9-5-2)12-10-13-16(21-3)7-6-14-17(13)15(11-12)19-18-14/h6-7,12H,4-5,8-11H2,1-3H3,(H,18,19)/t12-/m1/s1. The van der Waals surface area contributed by atoms with E-state index in [4.69, 9.17) is 4.74 Å². The largest absolute Gasteiger partial charge is 0.496 e. The number of aromatic amines is 1. The zero-order valence-corrected chi connectivity index (χ0v) is 13.3. The summed E-state index contributed by atoms with van der Waals surface area (Å²) in [7, 11) is 1.76. The van der Waals surface area contributed by atoms with Crippen molar-refractivity contribution in [1.82, 2.24) is 15.1 Å². The van der Waals surface area contributed by atoms with Gasteiger partial charge in [0, 0.05) is 29.1 Å². The maximum atomic E-state index is 5.59. The van der Waals surface area contributed by atoms with Gasteiger partial charge in [-0.15, -0.1) is 0 Å². The van der Waals surface area contributed by atoms with E-state index in [-0.39, 0.29) is 0 Å². The molecule has 1 N–H and O–H groups in total. The fourth-order valence-corrected chi connectivity index (χ4v) is 3.62. The summed E-state index contributed by atoms with van der Waals surface area (Å²) in [5, 5.41) is 8.99. The van der Waals surface area contributed by atoms with Crippen molar-refractivity contribution in [1.29, 1.82) is 0 Å². The predicted octanol–water partition coefficient (Wildman–Crippen LogP) is 3.16. The molecular weight excluding hydrogens is 262 g/mol. The van der Waals surface area contributed by atoms with Gasteiger partial charge in [0.25, 0.3) is 0 Å². The highest BCUT2D eigenvalue weighted by Gasteiger charge is 2.28. The van der Waals surface area contributed by atoms with Gasteiger partial charge in [0.15, 0.2) is 0 Å². The third-order valence-electron chi connectivity index (χ3n) is 4.50. The number of nitrogens with zero attached hydrogens (tertiary/aromatic N) is 2. The molecule has 1 aliphatic carbocycles. The zero-order valence-electron chi connectivity index (χ0n) is 13.3. The van der Waals surface area contributed by atoms with E-state index < -0.39 is 0 Å². The molecule has 0 radical (unpaired) electrons. The fourth-order valence-electron chi connectivity index (χ4n) is 3.62. The smallest absolute Gasteiger partial charge is 0.122 e. The van der Waals surface area contributed by atoms with Gasteiger partial charge in [0.2, 0.25) is 0 Å². The van der Waals surface area contributed by atoms with Crippen LogP contribution in [0, 0.1) is 0 Å². The molecule has 0 unspecified atom stereocenters. The summed E-state index contributed by atoms with van der Waals surface area (Å²) < 4.78 is 5.59. The quantitative estimate of drug-likeness (QED) is 0.887. The minimum Gasteiger partial charge on any atom is -0.496 e. The molecule has 1 aromatic heterocycles. The molecule has 114 valence electrons. The van der Waals surface area contributed by atoms with Crippen molar-refractivity contribution < 1.29 is 4.74 Å². The number of ether oxygens (including phenoxy) is 1. The molecule has 0 fully saturated rings. The van der Waals surface area contributed by atoms with E-state index in [0.29, 0.717) is 6.04 Å². The van der Waals surface area contributed by atoms with E-state index >= 15 is 0 Å². The maximum absolute atomic E-state index is 5.59. The Balaban J connectivity index is 1.97. The Labute approximate surface area is 126 Å². The summed E-state index contributed by atoms with van der Waals surface area (Å²) in [6, 6.07) is 4.65. The van der Waals surface area contributed by atoms with Gasteiger partial charge in [-0.05, 0) is 44.5 Å². The molecule has 1 atom stereocenters. The molecule has 4 nitrogen and oxygen atoms in total. The molecule has 0 aliphatic heterocycles. The summed E-state index contributed by atoms with van der Waals surface area (Å²) in [5.41, 5.74) is 3.66. The van der Waals surface area contributed by atoms with Crippen LogP contribution in [0.15, 0.2) is 12.1 Å². The second-order valence-electron chi connectivity index (χ2n) is 5.94. The molecule has 1 aliphatic rings. The van der Waals surface area contributed by atoms with Crippen LogP contribution in [0.1, 0.15) is 37.9 Å². The first kappa shape index (κ1) is 14.4. The van der Waals surface area contributed by atoms with Gasteiger partial charge in [0.1, 0.15) is 5.75 Å². The van der Waals surface area contributed by atoms with Gasteiger partial charge in [-0.2, -0.15) is 5.10 Å². The van der Waals surface area contributed by atoms with Crippen LogP contribution in [0.3, 0.4) is 0 Å². The average molecular weight is 287 g/mol. The van der Waals surface area contributed by atoms with Gasteiger partial charge in [-0.3, -0.25) is 10.00 Å². The maximum Gasteiger partial charge on any atom is 0.122 e. The molecule has 0 amide bonds. The van der Waals surface area contributed by atoms with Crippen molar-refractivity contribution in [2.45, 2.75) is 45.6 Å². The Bertz CT molecular complexity index is 614. The minimum absolute atomic E-state index is 0.553. The molecule has 2 aromatic rings. The second-order valence-corrected chi connectivity index (χ2v) is 5.94. The number of hydrogen-bond donors (Lipinski definition) is 1. The lowest BCUT2D eigenvalue weighted by molar-refractivity contribution is 0.190. The van der Waals surface area contributed by atoms with Crippen LogP contribution >= 0.6 is 0 Å². The number of methoxy groups -OCH3 is 1. The summed E-state index contributed by atoms with van der Waals surface area (Å²) in [6.07, 6.45) is 4.53. The number of aromatic nitrogens is 2. The Kier molecular flexibility index (Phi) is 4.15. The van der Waals surface area contributed by atoms with Crippen LogP contribution < -0.4 is 4.74 Å². The van der Waals surface area contributed by atoms with E-state index in [2.05, 4.69) is 35.0 Å².